The van der Waals surface area contributed by atoms with E-state index in [1.165, 1.54) is 18.9 Å². The van der Waals surface area contributed by atoms with Gasteiger partial charge in [0, 0.05) is 25.4 Å². The summed E-state index contributed by atoms with van der Waals surface area (Å²) in [6, 6.07) is 16.1. The average molecular weight is 531 g/mol. The van der Waals surface area contributed by atoms with Crippen LogP contribution in [0.5, 0.6) is 11.6 Å². The minimum absolute atomic E-state index is 0.128. The molecule has 7 heteroatoms. The molecule has 2 aromatic carbocycles. The molecule has 1 saturated heterocycles. The van der Waals surface area contributed by atoms with Gasteiger partial charge in [0.1, 0.15) is 11.9 Å². The molecule has 5 rings (SSSR count). The highest BCUT2D eigenvalue weighted by molar-refractivity contribution is 5.71. The lowest BCUT2D eigenvalue weighted by molar-refractivity contribution is -0.145. The molecule has 3 atom stereocenters. The second kappa shape index (κ2) is 11.0. The first-order valence-corrected chi connectivity index (χ1v) is 13.7. The molecule has 0 radical (unpaired) electrons. The lowest BCUT2D eigenvalue weighted by atomic mass is 9.91. The summed E-state index contributed by atoms with van der Waals surface area (Å²) in [4.78, 5) is 18.2. The highest BCUT2D eigenvalue weighted by Crippen LogP contribution is 2.39. The van der Waals surface area contributed by atoms with Gasteiger partial charge in [-0.05, 0) is 83.7 Å². The number of methoxy groups -OCH3 is 1. The summed E-state index contributed by atoms with van der Waals surface area (Å²) in [6.45, 7) is 9.15. The van der Waals surface area contributed by atoms with Gasteiger partial charge in [-0.25, -0.2) is 4.98 Å². The number of likely N-dealkylation sites (tertiary alicyclic amines) is 1. The molecule has 3 aromatic rings. The van der Waals surface area contributed by atoms with E-state index in [2.05, 4.69) is 41.9 Å². The second-order valence-corrected chi connectivity index (χ2v) is 11.7. The van der Waals surface area contributed by atoms with E-state index in [1.54, 1.807) is 25.4 Å². The zero-order chi connectivity index (χ0) is 27.7. The molecule has 206 valence electrons. The van der Waals surface area contributed by atoms with Crippen molar-refractivity contribution in [3.8, 4) is 22.8 Å². The van der Waals surface area contributed by atoms with Gasteiger partial charge < -0.3 is 19.7 Å². The van der Waals surface area contributed by atoms with Gasteiger partial charge in [-0.3, -0.25) is 9.69 Å². The lowest BCUT2D eigenvalue weighted by Crippen LogP contribution is -2.23. The topological polar surface area (TPSA) is 92.1 Å². The molecule has 0 spiro atoms. The number of aliphatic hydroxyl groups is 1. The summed E-state index contributed by atoms with van der Waals surface area (Å²) in [5, 5.41) is 19.9. The van der Waals surface area contributed by atoms with Crippen LogP contribution in [0, 0.1) is 11.3 Å². The van der Waals surface area contributed by atoms with E-state index in [9.17, 15) is 15.0 Å². The van der Waals surface area contributed by atoms with Crippen molar-refractivity contribution >= 4 is 5.97 Å². The zero-order valence-electron chi connectivity index (χ0n) is 23.2. The van der Waals surface area contributed by atoms with Gasteiger partial charge in [0.2, 0.25) is 5.88 Å². The minimum atomic E-state index is -1.09. The normalized spacial score (nSPS) is 20.1. The second-order valence-electron chi connectivity index (χ2n) is 11.7. The quantitative estimate of drug-likeness (QED) is 0.380. The number of carboxylic acid groups (broad SMARTS) is 1. The fourth-order valence-corrected chi connectivity index (χ4v) is 5.74. The van der Waals surface area contributed by atoms with Crippen molar-refractivity contribution in [2.45, 2.75) is 58.8 Å². The van der Waals surface area contributed by atoms with Crippen molar-refractivity contribution in [2.75, 3.05) is 20.2 Å². The van der Waals surface area contributed by atoms with Gasteiger partial charge in [0.15, 0.2) is 0 Å². The summed E-state index contributed by atoms with van der Waals surface area (Å²) in [5.41, 5.74) is 6.54. The predicted octanol–water partition coefficient (Wildman–Crippen LogP) is 5.81. The van der Waals surface area contributed by atoms with Crippen LogP contribution in [0.3, 0.4) is 0 Å². The van der Waals surface area contributed by atoms with Gasteiger partial charge in [-0.1, -0.05) is 44.2 Å². The van der Waals surface area contributed by atoms with Crippen LogP contribution in [0.4, 0.5) is 0 Å². The maximum Gasteiger partial charge on any atom is 0.309 e. The number of benzene rings is 2. The van der Waals surface area contributed by atoms with Gasteiger partial charge in [-0.2, -0.15) is 0 Å². The first-order valence-electron chi connectivity index (χ1n) is 13.7. The van der Waals surface area contributed by atoms with Crippen molar-refractivity contribution in [3.63, 3.8) is 0 Å². The number of carboxylic acids is 1. The van der Waals surface area contributed by atoms with Crippen LogP contribution in [-0.4, -0.2) is 46.3 Å². The largest absolute Gasteiger partial charge is 0.485 e. The standard InChI is InChI=1S/C32H38N2O5/c1-20(31(36)37)30(35)24-6-5-21-8-10-27(39-28(21)16-24)23-7-9-26(22-11-13-33-29(17-22)38-4)25(15-23)18-34-14-12-32(2,3)19-34/h5-7,9,11,13,15-17,20,27,30,35H,8,10,12,14,18-19H2,1-4H3,(H,36,37)/t20-,27?,30+/m0/s1. The van der Waals surface area contributed by atoms with Crippen LogP contribution < -0.4 is 9.47 Å². The molecule has 39 heavy (non-hydrogen) atoms. The van der Waals surface area contributed by atoms with Crippen LogP contribution in [0.15, 0.2) is 54.7 Å². The molecule has 3 heterocycles. The molecule has 0 amide bonds. The molecule has 0 bridgehead atoms. The Morgan fingerprint density at radius 2 is 2.03 bits per heavy atom. The van der Waals surface area contributed by atoms with E-state index in [-0.39, 0.29) is 6.10 Å². The van der Waals surface area contributed by atoms with Gasteiger partial charge >= 0.3 is 5.97 Å². The fourth-order valence-electron chi connectivity index (χ4n) is 5.74. The Morgan fingerprint density at radius 3 is 2.74 bits per heavy atom. The highest BCUT2D eigenvalue weighted by atomic mass is 16.5. The molecule has 2 N–H and O–H groups in total. The molecular weight excluding hydrogens is 492 g/mol. The monoisotopic (exact) mass is 530 g/mol. The zero-order valence-corrected chi connectivity index (χ0v) is 23.2. The van der Waals surface area contributed by atoms with Crippen molar-refractivity contribution < 1.29 is 24.5 Å². The van der Waals surface area contributed by atoms with E-state index in [0.29, 0.717) is 22.6 Å². The number of aryl methyl sites for hydroxylation is 1. The van der Waals surface area contributed by atoms with Gasteiger partial charge in [0.05, 0.1) is 19.1 Å². The number of fused-ring (bicyclic) bond motifs is 1. The molecular formula is C32H38N2O5. The number of hydrogen-bond donors (Lipinski definition) is 2. The number of aliphatic hydroxyl groups excluding tert-OH is 1. The van der Waals surface area contributed by atoms with Crippen LogP contribution >= 0.6 is 0 Å². The van der Waals surface area contributed by atoms with Crippen molar-refractivity contribution in [2.24, 2.45) is 11.3 Å². The minimum Gasteiger partial charge on any atom is -0.485 e. The SMILES string of the molecule is COc1cc(-c2ccc(C3CCc4ccc([C@H](O)[C@H](C)C(=O)O)cc4O3)cc2CN2CCC(C)(C)C2)ccn1. The van der Waals surface area contributed by atoms with Crippen molar-refractivity contribution in [1.82, 2.24) is 9.88 Å². The Kier molecular flexibility index (Phi) is 7.65. The predicted molar refractivity (Wildman–Crippen MR) is 150 cm³/mol. The summed E-state index contributed by atoms with van der Waals surface area (Å²) in [7, 11) is 1.63. The molecule has 7 nitrogen and oxygen atoms in total. The molecule has 1 aromatic heterocycles. The van der Waals surface area contributed by atoms with E-state index in [1.807, 2.05) is 18.2 Å². The number of aromatic nitrogens is 1. The van der Waals surface area contributed by atoms with Crippen LogP contribution in [0.1, 0.15) is 68.1 Å². The van der Waals surface area contributed by atoms with Crippen LogP contribution in [0.2, 0.25) is 0 Å². The summed E-state index contributed by atoms with van der Waals surface area (Å²) >= 11 is 0. The summed E-state index contributed by atoms with van der Waals surface area (Å²) in [5.74, 6) is -0.627. The maximum atomic E-state index is 11.4. The molecule has 1 fully saturated rings. The Morgan fingerprint density at radius 1 is 1.21 bits per heavy atom. The first-order chi connectivity index (χ1) is 18.6. The number of rotatable bonds is 8. The third kappa shape index (κ3) is 5.94. The number of carbonyl (C=O) groups is 1. The molecule has 1 unspecified atom stereocenters. The number of nitrogens with zero attached hydrogens (tertiary/aromatic N) is 2. The smallest absolute Gasteiger partial charge is 0.309 e. The number of ether oxygens (including phenoxy) is 2. The molecule has 2 aliphatic heterocycles. The Hall–Kier alpha value is -3.42. The first kappa shape index (κ1) is 27.2. The Bertz CT molecular complexity index is 1350. The number of pyridine rings is 1. The van der Waals surface area contributed by atoms with Crippen molar-refractivity contribution in [3.05, 3.63) is 77.0 Å². The van der Waals surface area contributed by atoms with E-state index in [4.69, 9.17) is 9.47 Å². The van der Waals surface area contributed by atoms with Gasteiger partial charge in [-0.15, -0.1) is 0 Å². The molecule has 0 saturated carbocycles. The van der Waals surface area contributed by atoms with Crippen molar-refractivity contribution in [1.29, 1.82) is 0 Å². The van der Waals surface area contributed by atoms with E-state index in [0.717, 1.165) is 54.7 Å². The van der Waals surface area contributed by atoms with Crippen LogP contribution in [-0.2, 0) is 17.8 Å². The van der Waals surface area contributed by atoms with Gasteiger partial charge in [0.25, 0.3) is 0 Å². The number of aliphatic carboxylic acids is 1. The fraction of sp³-hybridized carbons (Fsp3) is 0.438. The average Bonchev–Trinajstić information content (AvgIpc) is 3.29. The molecule has 2 aliphatic rings. The molecule has 0 aliphatic carbocycles. The number of hydrogen-bond acceptors (Lipinski definition) is 6. The third-order valence-electron chi connectivity index (χ3n) is 8.15. The Labute approximate surface area is 230 Å². The maximum absolute atomic E-state index is 11.4. The third-order valence-corrected chi connectivity index (χ3v) is 8.15. The Balaban J connectivity index is 1.45. The van der Waals surface area contributed by atoms with E-state index < -0.39 is 18.0 Å². The summed E-state index contributed by atoms with van der Waals surface area (Å²) < 4.78 is 11.9. The highest BCUT2D eigenvalue weighted by Gasteiger charge is 2.30. The van der Waals surface area contributed by atoms with Crippen LogP contribution in [0.25, 0.3) is 11.1 Å². The lowest BCUT2D eigenvalue weighted by Gasteiger charge is -2.29. The van der Waals surface area contributed by atoms with E-state index >= 15 is 0 Å². The summed E-state index contributed by atoms with van der Waals surface area (Å²) in [6.07, 6.45) is 3.44.